The van der Waals surface area contributed by atoms with Crippen molar-refractivity contribution in [3.63, 3.8) is 0 Å². The highest BCUT2D eigenvalue weighted by molar-refractivity contribution is 7.99. The third-order valence-corrected chi connectivity index (χ3v) is 14.1. The predicted octanol–water partition coefficient (Wildman–Crippen LogP) is 8.43. The highest BCUT2D eigenvalue weighted by Crippen LogP contribution is 2.41. The summed E-state index contributed by atoms with van der Waals surface area (Å²) in [7, 11) is 4.24. The quantitative estimate of drug-likeness (QED) is 0.0928. The number of likely N-dealkylation sites (tertiary alicyclic amines) is 2. The fourth-order valence-electron chi connectivity index (χ4n) is 9.72. The molecule has 0 saturated carbocycles. The molecule has 7 aromatic rings. The average molecular weight is 911 g/mol. The summed E-state index contributed by atoms with van der Waals surface area (Å²) in [4.78, 5) is 74.1. The summed E-state index contributed by atoms with van der Waals surface area (Å²) in [5.74, 6) is 0.929. The number of imidazole rings is 2. The number of alkyl carbamates (subject to hydrolysis) is 2. The molecular weight excluding hydrogens is 857 g/mol. The van der Waals surface area contributed by atoms with Crippen LogP contribution >= 0.6 is 11.8 Å². The van der Waals surface area contributed by atoms with Crippen molar-refractivity contribution in [3.8, 4) is 11.1 Å². The van der Waals surface area contributed by atoms with Crippen LogP contribution in [0.15, 0.2) is 91.0 Å². The molecule has 2 aromatic heterocycles. The van der Waals surface area contributed by atoms with E-state index < -0.39 is 24.3 Å². The molecule has 9 rings (SSSR count). The number of carbonyl (C=O) groups is 4. The van der Waals surface area contributed by atoms with E-state index >= 15 is 0 Å². The number of aromatic amines is 2. The molecule has 2 aliphatic heterocycles. The van der Waals surface area contributed by atoms with Gasteiger partial charge < -0.3 is 44.6 Å². The van der Waals surface area contributed by atoms with E-state index in [0.717, 1.165) is 67.0 Å². The van der Waals surface area contributed by atoms with Gasteiger partial charge in [-0.15, -0.1) is 0 Å². The largest absolute Gasteiger partial charge is 0.453 e. The Hall–Kier alpha value is -6.65. The first-order chi connectivity index (χ1) is 32.0. The Bertz CT molecular complexity index is 2960. The summed E-state index contributed by atoms with van der Waals surface area (Å²) in [6, 6.07) is 27.9. The SMILES string of the molecule is COC[C@H]1C[C@@H](c2nc3c(ccc4cc(-c5ccc6c(ccc7[nH]c([C@@H]8C[C@H](SC)CN8C(=O)[C@@H](NC(=O)OC)C(C)C)nc76)c5)ccc43)[nH]2)N(C(=O)[C@H](NC(=O)OC)c2ccccc2)C1. The maximum Gasteiger partial charge on any atom is 0.407 e. The molecule has 0 unspecified atom stereocenters. The minimum atomic E-state index is -0.945. The minimum Gasteiger partial charge on any atom is -0.453 e. The Morgan fingerprint density at radius 3 is 1.82 bits per heavy atom. The summed E-state index contributed by atoms with van der Waals surface area (Å²) in [6.07, 6.45) is 2.11. The molecule has 2 fully saturated rings. The average Bonchev–Trinajstić information content (AvgIpc) is 4.16. The van der Waals surface area contributed by atoms with Gasteiger partial charge in [-0.3, -0.25) is 9.59 Å². The molecule has 2 saturated heterocycles. The van der Waals surface area contributed by atoms with Crippen LogP contribution in [0.1, 0.15) is 62.0 Å². The molecule has 2 aliphatic rings. The lowest BCUT2D eigenvalue weighted by molar-refractivity contribution is -0.136. The first kappa shape index (κ1) is 44.5. The number of carbonyl (C=O) groups excluding carboxylic acids is 4. The van der Waals surface area contributed by atoms with Crippen molar-refractivity contribution in [2.75, 3.05) is 47.3 Å². The molecule has 342 valence electrons. The third-order valence-electron chi connectivity index (χ3n) is 13.1. The van der Waals surface area contributed by atoms with Crippen LogP contribution in [0, 0.1) is 11.8 Å². The second-order valence-corrected chi connectivity index (χ2v) is 18.7. The number of rotatable bonds is 12. The third kappa shape index (κ3) is 8.50. The van der Waals surface area contributed by atoms with Crippen LogP contribution < -0.4 is 10.6 Å². The smallest absolute Gasteiger partial charge is 0.407 e. The van der Waals surface area contributed by atoms with E-state index in [-0.39, 0.29) is 41.0 Å². The zero-order valence-corrected chi connectivity index (χ0v) is 38.6. The normalized spacial score (nSPS) is 19.5. The second-order valence-electron chi connectivity index (χ2n) is 17.5. The fourth-order valence-corrected chi connectivity index (χ4v) is 10.4. The van der Waals surface area contributed by atoms with Crippen molar-refractivity contribution in [3.05, 3.63) is 108 Å². The van der Waals surface area contributed by atoms with E-state index in [1.165, 1.54) is 14.2 Å². The van der Waals surface area contributed by atoms with Crippen LogP contribution in [-0.4, -0.2) is 112 Å². The zero-order valence-electron chi connectivity index (χ0n) is 37.8. The standard InChI is InChI=1S/C50H54N8O7S/c1-27(2)41(55-49(61)64-4)47(59)58-25-34(66-6)23-40(58)46-52-38-19-15-33-22-31(13-17-36(33)44(38)54-46)30-12-16-35-32(21-30)14-18-37-43(35)53-45(51-37)39-20-28(26-63-3)24-57(39)48(60)42(56-50(62)65-5)29-10-8-7-9-11-29/h7-19,21-22,27-28,34,39-42H,20,23-26H2,1-6H3,(H,51,53)(H,52,54)(H,55,61)(H,56,62)/t28-,34-,39-,40-,41-,42+/m0/s1. The van der Waals surface area contributed by atoms with E-state index in [1.807, 2.05) is 61.2 Å². The van der Waals surface area contributed by atoms with Crippen LogP contribution in [0.3, 0.4) is 0 Å². The van der Waals surface area contributed by atoms with E-state index in [2.05, 4.69) is 75.4 Å². The van der Waals surface area contributed by atoms with Crippen molar-refractivity contribution in [2.45, 2.75) is 56.1 Å². The molecule has 4 heterocycles. The number of hydrogen-bond acceptors (Lipinski definition) is 10. The first-order valence-electron chi connectivity index (χ1n) is 22.2. The lowest BCUT2D eigenvalue weighted by Crippen LogP contribution is -2.51. The molecular formula is C50H54N8O7S. The van der Waals surface area contributed by atoms with E-state index in [0.29, 0.717) is 37.5 Å². The van der Waals surface area contributed by atoms with Crippen molar-refractivity contribution in [2.24, 2.45) is 11.8 Å². The fraction of sp³-hybridized carbons (Fsp3) is 0.360. The van der Waals surface area contributed by atoms with Crippen LogP contribution in [0.5, 0.6) is 0 Å². The Balaban J connectivity index is 0.996. The zero-order chi connectivity index (χ0) is 46.2. The molecule has 0 bridgehead atoms. The number of benzene rings is 5. The Morgan fingerprint density at radius 2 is 1.27 bits per heavy atom. The Labute approximate surface area is 386 Å². The molecule has 4 amide bonds. The molecule has 0 radical (unpaired) electrons. The van der Waals surface area contributed by atoms with Gasteiger partial charge in [0.15, 0.2) is 0 Å². The molecule has 16 heteroatoms. The molecule has 66 heavy (non-hydrogen) atoms. The topological polar surface area (TPSA) is 184 Å². The van der Waals surface area contributed by atoms with Crippen LogP contribution in [0.4, 0.5) is 9.59 Å². The number of nitrogens with one attached hydrogen (secondary N) is 4. The van der Waals surface area contributed by atoms with Crippen molar-refractivity contribution in [1.82, 2.24) is 40.4 Å². The minimum absolute atomic E-state index is 0.0704. The molecule has 4 N–H and O–H groups in total. The number of ether oxygens (including phenoxy) is 3. The van der Waals surface area contributed by atoms with Gasteiger partial charge in [-0.2, -0.15) is 11.8 Å². The number of hydrogen-bond donors (Lipinski definition) is 4. The number of nitrogens with zero attached hydrogens (tertiary/aromatic N) is 4. The number of fused-ring (bicyclic) bond motifs is 6. The second kappa shape index (κ2) is 18.7. The Morgan fingerprint density at radius 1 is 0.712 bits per heavy atom. The van der Waals surface area contributed by atoms with Crippen LogP contribution in [-0.2, 0) is 23.8 Å². The highest BCUT2D eigenvalue weighted by atomic mass is 32.2. The molecule has 6 atom stereocenters. The van der Waals surface area contributed by atoms with Gasteiger partial charge in [0.2, 0.25) is 5.91 Å². The Kier molecular flexibility index (Phi) is 12.6. The number of amides is 4. The highest BCUT2D eigenvalue weighted by Gasteiger charge is 2.43. The van der Waals surface area contributed by atoms with E-state index in [9.17, 15) is 19.2 Å². The summed E-state index contributed by atoms with van der Waals surface area (Å²) in [5, 5.41) is 9.76. The number of thioether (sulfide) groups is 1. The van der Waals surface area contributed by atoms with Crippen molar-refractivity contribution in [1.29, 1.82) is 0 Å². The number of H-pyrrole nitrogens is 2. The molecule has 15 nitrogen and oxygen atoms in total. The van der Waals surface area contributed by atoms with Gasteiger partial charge in [0, 0.05) is 42.1 Å². The molecule has 0 spiro atoms. The van der Waals surface area contributed by atoms with Crippen molar-refractivity contribution < 1.29 is 33.4 Å². The predicted molar refractivity (Wildman–Crippen MR) is 256 cm³/mol. The van der Waals surface area contributed by atoms with Gasteiger partial charge in [-0.05, 0) is 76.7 Å². The van der Waals surface area contributed by atoms with Gasteiger partial charge in [-0.1, -0.05) is 80.6 Å². The number of methoxy groups -OCH3 is 3. The monoisotopic (exact) mass is 910 g/mol. The first-order valence-corrected chi connectivity index (χ1v) is 23.5. The maximum atomic E-state index is 14.4. The summed E-state index contributed by atoms with van der Waals surface area (Å²) >= 11 is 1.73. The lowest BCUT2D eigenvalue weighted by atomic mass is 9.98. The molecule has 0 aliphatic carbocycles. The van der Waals surface area contributed by atoms with Gasteiger partial charge in [0.25, 0.3) is 5.91 Å². The summed E-state index contributed by atoms with van der Waals surface area (Å²) in [6.45, 7) is 5.30. The molecule has 5 aromatic carbocycles. The van der Waals surface area contributed by atoms with Crippen LogP contribution in [0.25, 0.3) is 54.7 Å². The van der Waals surface area contributed by atoms with Gasteiger partial charge in [0.1, 0.15) is 23.7 Å². The summed E-state index contributed by atoms with van der Waals surface area (Å²) < 4.78 is 15.3. The maximum absolute atomic E-state index is 14.4. The number of aromatic nitrogens is 4. The van der Waals surface area contributed by atoms with Gasteiger partial charge >= 0.3 is 12.2 Å². The van der Waals surface area contributed by atoms with E-state index in [4.69, 9.17) is 24.2 Å². The summed E-state index contributed by atoms with van der Waals surface area (Å²) in [5.41, 5.74) is 6.15. The van der Waals surface area contributed by atoms with Gasteiger partial charge in [-0.25, -0.2) is 19.6 Å². The van der Waals surface area contributed by atoms with Gasteiger partial charge in [0.05, 0.1) is 55.0 Å². The lowest BCUT2D eigenvalue weighted by Gasteiger charge is -2.30. The van der Waals surface area contributed by atoms with Crippen LogP contribution in [0.2, 0.25) is 0 Å². The van der Waals surface area contributed by atoms with Crippen molar-refractivity contribution >= 4 is 79.4 Å². The van der Waals surface area contributed by atoms with E-state index in [1.54, 1.807) is 23.8 Å².